The highest BCUT2D eigenvalue weighted by molar-refractivity contribution is 7.91. The molecule has 0 atom stereocenters. The molecule has 0 saturated carbocycles. The van der Waals surface area contributed by atoms with Crippen LogP contribution in [-0.2, 0) is 9.84 Å². The van der Waals surface area contributed by atoms with E-state index in [0.29, 0.717) is 16.7 Å². The fraction of sp³-hybridized carbons (Fsp3) is 0.167. The Kier molecular flexibility index (Phi) is 4.84. The zero-order valence-electron chi connectivity index (χ0n) is 14.8. The molecule has 0 aliphatic heterocycles. The molecule has 0 aliphatic rings. The number of fused-ring (bicyclic) bond motifs is 2. The number of methoxy groups -OCH3 is 1. The van der Waals surface area contributed by atoms with Gasteiger partial charge in [-0.1, -0.05) is 0 Å². The predicted molar refractivity (Wildman–Crippen MR) is 108 cm³/mol. The van der Waals surface area contributed by atoms with Crippen LogP contribution in [0.25, 0.3) is 21.1 Å². The van der Waals surface area contributed by atoms with Crippen LogP contribution in [-0.4, -0.2) is 47.9 Å². The zero-order valence-corrected chi connectivity index (χ0v) is 16.4. The maximum atomic E-state index is 12.5. The molecule has 144 valence electrons. The third-order valence-electron chi connectivity index (χ3n) is 4.21. The molecule has 4 aromatic rings. The number of aromatic nitrogens is 3. The molecule has 0 amide bonds. The van der Waals surface area contributed by atoms with Crippen molar-refractivity contribution in [1.82, 2.24) is 15.0 Å². The fourth-order valence-corrected chi connectivity index (χ4v) is 4.73. The summed E-state index contributed by atoms with van der Waals surface area (Å²) in [7, 11) is -2.33. The second-order valence-corrected chi connectivity index (χ2v) is 8.91. The van der Waals surface area contributed by atoms with E-state index in [2.05, 4.69) is 20.3 Å². The number of aliphatic hydroxyl groups is 1. The van der Waals surface area contributed by atoms with E-state index in [-0.39, 0.29) is 10.6 Å². The van der Waals surface area contributed by atoms with Gasteiger partial charge in [-0.05, 0) is 24.3 Å². The van der Waals surface area contributed by atoms with Crippen LogP contribution in [0, 0.1) is 0 Å². The normalized spacial score (nSPS) is 11.8. The Balaban J connectivity index is 1.84. The number of rotatable bonds is 6. The molecule has 4 rings (SSSR count). The van der Waals surface area contributed by atoms with Gasteiger partial charge < -0.3 is 15.2 Å². The van der Waals surface area contributed by atoms with Crippen LogP contribution in [0.3, 0.4) is 0 Å². The number of anilines is 2. The minimum atomic E-state index is -3.72. The number of sulfone groups is 1. The number of ether oxygens (including phenoxy) is 1. The first-order valence-corrected chi connectivity index (χ1v) is 10.8. The maximum absolute atomic E-state index is 12.5. The van der Waals surface area contributed by atoms with E-state index in [4.69, 9.17) is 9.84 Å². The Bertz CT molecular complexity index is 1270. The first kappa shape index (κ1) is 18.5. The van der Waals surface area contributed by atoms with Gasteiger partial charge in [-0.25, -0.2) is 23.4 Å². The molecule has 10 heteroatoms. The number of benzene rings is 2. The molecule has 2 N–H and O–H groups in total. The van der Waals surface area contributed by atoms with Crippen LogP contribution < -0.4 is 10.1 Å². The summed E-state index contributed by atoms with van der Waals surface area (Å²) in [5, 5.41) is 12.8. The molecular formula is C18H16N4O4S2. The van der Waals surface area contributed by atoms with Crippen LogP contribution in [0.1, 0.15) is 0 Å². The third kappa shape index (κ3) is 3.37. The van der Waals surface area contributed by atoms with Gasteiger partial charge in [-0.3, -0.25) is 0 Å². The first-order valence-electron chi connectivity index (χ1n) is 8.28. The molecule has 0 unspecified atom stereocenters. The van der Waals surface area contributed by atoms with E-state index < -0.39 is 22.2 Å². The average Bonchev–Trinajstić information content (AvgIpc) is 3.15. The van der Waals surface area contributed by atoms with Crippen LogP contribution >= 0.6 is 11.3 Å². The van der Waals surface area contributed by atoms with Gasteiger partial charge in [0.25, 0.3) is 0 Å². The van der Waals surface area contributed by atoms with Crippen molar-refractivity contribution in [3.8, 4) is 5.75 Å². The lowest BCUT2D eigenvalue weighted by molar-refractivity contribution is 0.319. The van der Waals surface area contributed by atoms with Crippen molar-refractivity contribution in [3.63, 3.8) is 0 Å². The summed E-state index contributed by atoms with van der Waals surface area (Å²) in [6.07, 6.45) is 1.40. The first-order chi connectivity index (χ1) is 13.5. The molecule has 2 aromatic heterocycles. The minimum absolute atomic E-state index is 0.00986. The van der Waals surface area contributed by atoms with Crippen LogP contribution in [0.4, 0.5) is 11.5 Å². The van der Waals surface area contributed by atoms with Crippen LogP contribution in [0.15, 0.2) is 47.1 Å². The van der Waals surface area contributed by atoms with Gasteiger partial charge in [-0.15, -0.1) is 11.3 Å². The Morgan fingerprint density at radius 3 is 2.79 bits per heavy atom. The fourth-order valence-electron chi connectivity index (χ4n) is 2.87. The summed E-state index contributed by atoms with van der Waals surface area (Å²) >= 11 is 1.55. The highest BCUT2D eigenvalue weighted by Gasteiger charge is 2.21. The van der Waals surface area contributed by atoms with Crippen LogP contribution in [0.5, 0.6) is 5.75 Å². The third-order valence-corrected chi connectivity index (χ3v) is 6.73. The standard InChI is InChI=1S/C18H16N4O4S2/c1-26-15-8-13-12(7-17(15)28(24,25)5-4-23)18(20-9-19-13)22-11-2-3-16-14(6-11)21-10-27-16/h2-3,6-10,23H,4-5H2,1H3,(H,19,20,22). The van der Waals surface area contributed by atoms with E-state index in [1.54, 1.807) is 22.9 Å². The largest absolute Gasteiger partial charge is 0.495 e. The second kappa shape index (κ2) is 7.30. The molecule has 8 nitrogen and oxygen atoms in total. The monoisotopic (exact) mass is 416 g/mol. The van der Waals surface area contributed by atoms with E-state index in [1.165, 1.54) is 19.5 Å². The summed E-state index contributed by atoms with van der Waals surface area (Å²) in [5.41, 5.74) is 3.95. The molecule has 0 bridgehead atoms. The Labute approximate surface area is 164 Å². The summed E-state index contributed by atoms with van der Waals surface area (Å²) in [6, 6.07) is 8.78. The van der Waals surface area contributed by atoms with Gasteiger partial charge in [0.1, 0.15) is 22.8 Å². The number of nitrogens with one attached hydrogen (secondary N) is 1. The molecule has 0 saturated heterocycles. The van der Waals surface area contributed by atoms with Gasteiger partial charge in [0, 0.05) is 17.1 Å². The molecular weight excluding hydrogens is 400 g/mol. The molecule has 0 fully saturated rings. The van der Waals surface area contributed by atoms with Crippen molar-refractivity contribution in [2.75, 3.05) is 24.8 Å². The van der Waals surface area contributed by atoms with E-state index in [0.717, 1.165) is 15.9 Å². The van der Waals surface area contributed by atoms with E-state index >= 15 is 0 Å². The van der Waals surface area contributed by atoms with Crippen molar-refractivity contribution < 1.29 is 18.3 Å². The number of thiazole rings is 1. The number of aliphatic hydroxyl groups excluding tert-OH is 1. The highest BCUT2D eigenvalue weighted by Crippen LogP contribution is 2.33. The van der Waals surface area contributed by atoms with Crippen LogP contribution in [0.2, 0.25) is 0 Å². The molecule has 0 spiro atoms. The summed E-state index contributed by atoms with van der Waals surface area (Å²) < 4.78 is 31.4. The topological polar surface area (TPSA) is 114 Å². The Hall–Kier alpha value is -2.82. The maximum Gasteiger partial charge on any atom is 0.184 e. The number of hydrogen-bond acceptors (Lipinski definition) is 9. The molecule has 28 heavy (non-hydrogen) atoms. The van der Waals surface area contributed by atoms with Crippen molar-refractivity contribution in [1.29, 1.82) is 0 Å². The van der Waals surface area contributed by atoms with Crippen molar-refractivity contribution in [2.45, 2.75) is 4.90 Å². The van der Waals surface area contributed by atoms with Gasteiger partial charge in [-0.2, -0.15) is 0 Å². The van der Waals surface area contributed by atoms with Gasteiger partial charge in [0.15, 0.2) is 9.84 Å². The van der Waals surface area contributed by atoms with Crippen molar-refractivity contribution in [3.05, 3.63) is 42.2 Å². The Morgan fingerprint density at radius 2 is 2.00 bits per heavy atom. The number of hydrogen-bond donors (Lipinski definition) is 2. The predicted octanol–water partition coefficient (Wildman–Crippen LogP) is 2.76. The highest BCUT2D eigenvalue weighted by atomic mass is 32.2. The summed E-state index contributed by atoms with van der Waals surface area (Å²) in [6.45, 7) is -0.479. The quantitative estimate of drug-likeness (QED) is 0.493. The molecule has 2 aromatic carbocycles. The van der Waals surface area contributed by atoms with Crippen molar-refractivity contribution in [2.24, 2.45) is 0 Å². The Morgan fingerprint density at radius 1 is 1.14 bits per heavy atom. The summed E-state index contributed by atoms with van der Waals surface area (Å²) in [4.78, 5) is 12.8. The molecule has 0 aliphatic carbocycles. The summed E-state index contributed by atoms with van der Waals surface area (Å²) in [5.74, 6) is 0.239. The minimum Gasteiger partial charge on any atom is -0.495 e. The zero-order chi connectivity index (χ0) is 19.7. The second-order valence-electron chi connectivity index (χ2n) is 5.94. The lowest BCUT2D eigenvalue weighted by Gasteiger charge is -2.13. The lowest BCUT2D eigenvalue weighted by atomic mass is 10.2. The molecule has 0 radical (unpaired) electrons. The smallest absolute Gasteiger partial charge is 0.184 e. The van der Waals surface area contributed by atoms with Gasteiger partial charge >= 0.3 is 0 Å². The van der Waals surface area contributed by atoms with Gasteiger partial charge in [0.2, 0.25) is 0 Å². The molecule has 2 heterocycles. The lowest BCUT2D eigenvalue weighted by Crippen LogP contribution is -2.11. The number of nitrogens with zero attached hydrogens (tertiary/aromatic N) is 3. The van der Waals surface area contributed by atoms with E-state index in [1.807, 2.05) is 18.2 Å². The van der Waals surface area contributed by atoms with E-state index in [9.17, 15) is 8.42 Å². The SMILES string of the molecule is COc1cc2ncnc(Nc3ccc4scnc4c3)c2cc1S(=O)(=O)CCO. The van der Waals surface area contributed by atoms with Crippen molar-refractivity contribution >= 4 is 53.8 Å². The average molecular weight is 416 g/mol. The van der Waals surface area contributed by atoms with Gasteiger partial charge in [0.05, 0.1) is 40.7 Å².